The molecule has 0 spiro atoms. The van der Waals surface area contributed by atoms with Crippen molar-refractivity contribution in [3.8, 4) is 0 Å². The lowest BCUT2D eigenvalue weighted by Crippen LogP contribution is -2.40. The minimum atomic E-state index is -0.925. The minimum Gasteiger partial charge on any atom is -0.480 e. The van der Waals surface area contributed by atoms with E-state index in [1.54, 1.807) is 0 Å². The monoisotopic (exact) mass is 310 g/mol. The highest BCUT2D eigenvalue weighted by atomic mass is 16.4. The van der Waals surface area contributed by atoms with Crippen molar-refractivity contribution in [3.05, 3.63) is 0 Å². The van der Waals surface area contributed by atoms with Gasteiger partial charge in [-0.2, -0.15) is 0 Å². The van der Waals surface area contributed by atoms with Gasteiger partial charge in [-0.25, -0.2) is 4.79 Å². The molecule has 0 radical (unpaired) electrons. The van der Waals surface area contributed by atoms with Crippen LogP contribution in [0.4, 0.5) is 0 Å². The average Bonchev–Trinajstić information content (AvgIpc) is 2.83. The van der Waals surface area contributed by atoms with Crippen LogP contribution >= 0.6 is 0 Å². The Labute approximate surface area is 131 Å². The fraction of sp³-hybridized carbons (Fsp3) is 0.812. The second-order valence-corrected chi connectivity index (χ2v) is 6.23. The molecule has 2 saturated heterocycles. The van der Waals surface area contributed by atoms with Crippen LogP contribution in [0.15, 0.2) is 0 Å². The molecule has 0 unspecified atom stereocenters. The van der Waals surface area contributed by atoms with Crippen molar-refractivity contribution in [1.29, 1.82) is 0 Å². The highest BCUT2D eigenvalue weighted by molar-refractivity contribution is 5.84. The molecule has 2 aliphatic rings. The quantitative estimate of drug-likeness (QED) is 0.837. The molecule has 2 amide bonds. The molecule has 124 valence electrons. The average molecular weight is 310 g/mol. The van der Waals surface area contributed by atoms with E-state index in [-0.39, 0.29) is 18.2 Å². The van der Waals surface area contributed by atoms with Gasteiger partial charge in [0.2, 0.25) is 11.8 Å². The van der Waals surface area contributed by atoms with Crippen molar-refractivity contribution >= 4 is 17.8 Å². The van der Waals surface area contributed by atoms with Gasteiger partial charge < -0.3 is 14.9 Å². The van der Waals surface area contributed by atoms with Gasteiger partial charge in [-0.05, 0) is 32.1 Å². The van der Waals surface area contributed by atoms with Gasteiger partial charge in [-0.1, -0.05) is 12.8 Å². The van der Waals surface area contributed by atoms with E-state index in [2.05, 4.69) is 0 Å². The first-order valence-corrected chi connectivity index (χ1v) is 8.39. The third kappa shape index (κ3) is 4.45. The smallest absolute Gasteiger partial charge is 0.326 e. The van der Waals surface area contributed by atoms with Crippen molar-refractivity contribution in [1.82, 2.24) is 9.80 Å². The van der Waals surface area contributed by atoms with Crippen molar-refractivity contribution in [2.45, 2.75) is 63.8 Å². The third-order valence-electron chi connectivity index (χ3n) is 4.60. The molecule has 0 aromatic carbocycles. The van der Waals surface area contributed by atoms with Gasteiger partial charge in [0.05, 0.1) is 0 Å². The van der Waals surface area contributed by atoms with Crippen molar-refractivity contribution in [2.24, 2.45) is 0 Å². The molecule has 2 aliphatic heterocycles. The minimum absolute atomic E-state index is 0.130. The van der Waals surface area contributed by atoms with Gasteiger partial charge in [-0.3, -0.25) is 9.59 Å². The highest BCUT2D eigenvalue weighted by Gasteiger charge is 2.33. The van der Waals surface area contributed by atoms with Gasteiger partial charge in [0.1, 0.15) is 6.04 Å². The van der Waals surface area contributed by atoms with E-state index in [4.69, 9.17) is 5.11 Å². The zero-order valence-electron chi connectivity index (χ0n) is 13.1. The first-order valence-electron chi connectivity index (χ1n) is 8.39. The Morgan fingerprint density at radius 3 is 2.14 bits per heavy atom. The number of hydrogen-bond donors (Lipinski definition) is 1. The summed E-state index contributed by atoms with van der Waals surface area (Å²) < 4.78 is 0. The normalized spacial score (nSPS) is 22.5. The van der Waals surface area contributed by atoms with Crippen LogP contribution in [0.2, 0.25) is 0 Å². The number of rotatable bonds is 5. The van der Waals surface area contributed by atoms with E-state index in [0.717, 1.165) is 32.4 Å². The van der Waals surface area contributed by atoms with Gasteiger partial charge in [0, 0.05) is 32.5 Å². The molecule has 0 aliphatic carbocycles. The van der Waals surface area contributed by atoms with Gasteiger partial charge >= 0.3 is 5.97 Å². The Morgan fingerprint density at radius 1 is 0.864 bits per heavy atom. The number of carbonyl (C=O) groups is 3. The summed E-state index contributed by atoms with van der Waals surface area (Å²) in [5, 5.41) is 9.09. The molecule has 0 saturated carbocycles. The largest absolute Gasteiger partial charge is 0.480 e. The Hall–Kier alpha value is -1.59. The summed E-state index contributed by atoms with van der Waals surface area (Å²) in [4.78, 5) is 38.7. The summed E-state index contributed by atoms with van der Waals surface area (Å²) >= 11 is 0. The molecule has 6 nitrogen and oxygen atoms in total. The highest BCUT2D eigenvalue weighted by Crippen LogP contribution is 2.19. The van der Waals surface area contributed by atoms with Crippen LogP contribution in [0.5, 0.6) is 0 Å². The van der Waals surface area contributed by atoms with Crippen molar-refractivity contribution in [2.75, 3.05) is 19.6 Å². The number of likely N-dealkylation sites (tertiary alicyclic amines) is 2. The fourth-order valence-corrected chi connectivity index (χ4v) is 3.33. The summed E-state index contributed by atoms with van der Waals surface area (Å²) in [5.74, 6) is -0.925. The molecule has 2 heterocycles. The van der Waals surface area contributed by atoms with Crippen molar-refractivity contribution in [3.63, 3.8) is 0 Å². The Bertz CT molecular complexity index is 416. The van der Waals surface area contributed by atoms with Crippen LogP contribution in [-0.4, -0.2) is 58.4 Å². The summed E-state index contributed by atoms with van der Waals surface area (Å²) in [5.41, 5.74) is 0. The lowest BCUT2D eigenvalue weighted by molar-refractivity contribution is -0.148. The standard InChI is InChI=1S/C16H26N2O4/c19-14(17-10-3-1-2-4-11-17)8-5-9-15(20)18-12-6-7-13(18)16(21)22/h13H,1-12H2,(H,21,22)/t13-/m0/s1. The number of carbonyl (C=O) groups excluding carboxylic acids is 2. The summed E-state index contributed by atoms with van der Waals surface area (Å²) in [6, 6.07) is -0.672. The molecular formula is C16H26N2O4. The Kier molecular flexibility index (Phi) is 6.21. The first kappa shape index (κ1) is 16.8. The van der Waals surface area contributed by atoms with E-state index >= 15 is 0 Å². The summed E-state index contributed by atoms with van der Waals surface area (Å²) in [7, 11) is 0. The SMILES string of the molecule is O=C(O)[C@@H]1CCCN1C(=O)CCCC(=O)N1CCCCCC1. The van der Waals surface area contributed by atoms with E-state index in [0.29, 0.717) is 25.8 Å². The lowest BCUT2D eigenvalue weighted by atomic mass is 10.1. The van der Waals surface area contributed by atoms with E-state index in [9.17, 15) is 14.4 Å². The molecule has 1 atom stereocenters. The maximum Gasteiger partial charge on any atom is 0.326 e. The maximum absolute atomic E-state index is 12.1. The number of carboxylic acid groups (broad SMARTS) is 1. The number of hydrogen-bond acceptors (Lipinski definition) is 3. The molecule has 0 bridgehead atoms. The van der Waals surface area contributed by atoms with E-state index in [1.165, 1.54) is 17.7 Å². The Morgan fingerprint density at radius 2 is 1.50 bits per heavy atom. The van der Waals surface area contributed by atoms with Crippen LogP contribution < -0.4 is 0 Å². The zero-order chi connectivity index (χ0) is 15.9. The summed E-state index contributed by atoms with van der Waals surface area (Å²) in [6.45, 7) is 2.19. The number of aliphatic carboxylic acids is 1. The second kappa shape index (κ2) is 8.15. The topological polar surface area (TPSA) is 77.9 Å². The van der Waals surface area contributed by atoms with Crippen LogP contribution in [0.3, 0.4) is 0 Å². The molecular weight excluding hydrogens is 284 g/mol. The first-order chi connectivity index (χ1) is 10.6. The molecule has 0 aromatic heterocycles. The molecule has 2 fully saturated rings. The van der Waals surface area contributed by atoms with Crippen molar-refractivity contribution < 1.29 is 19.5 Å². The Balaban J connectivity index is 1.72. The van der Waals surface area contributed by atoms with E-state index in [1.807, 2.05) is 4.90 Å². The predicted molar refractivity (Wildman–Crippen MR) is 81.3 cm³/mol. The van der Waals surface area contributed by atoms with Gasteiger partial charge in [0.15, 0.2) is 0 Å². The molecule has 6 heteroatoms. The van der Waals surface area contributed by atoms with Crippen LogP contribution in [0.25, 0.3) is 0 Å². The van der Waals surface area contributed by atoms with Crippen LogP contribution in [-0.2, 0) is 14.4 Å². The third-order valence-corrected chi connectivity index (χ3v) is 4.60. The predicted octanol–water partition coefficient (Wildman–Crippen LogP) is 1.63. The molecule has 1 N–H and O–H groups in total. The summed E-state index contributed by atoms with van der Waals surface area (Å²) in [6.07, 6.45) is 6.96. The molecule has 2 rings (SSSR count). The molecule has 0 aromatic rings. The van der Waals surface area contributed by atoms with E-state index < -0.39 is 12.0 Å². The molecule has 22 heavy (non-hydrogen) atoms. The lowest BCUT2D eigenvalue weighted by Gasteiger charge is -2.22. The number of carboxylic acids is 1. The zero-order valence-corrected chi connectivity index (χ0v) is 13.1. The maximum atomic E-state index is 12.1. The number of nitrogens with zero attached hydrogens (tertiary/aromatic N) is 2. The van der Waals surface area contributed by atoms with Crippen LogP contribution in [0, 0.1) is 0 Å². The second-order valence-electron chi connectivity index (χ2n) is 6.23. The number of amides is 2. The van der Waals surface area contributed by atoms with Crippen LogP contribution in [0.1, 0.15) is 57.8 Å². The van der Waals surface area contributed by atoms with Gasteiger partial charge in [0.25, 0.3) is 0 Å². The van der Waals surface area contributed by atoms with Gasteiger partial charge in [-0.15, -0.1) is 0 Å². The fourth-order valence-electron chi connectivity index (χ4n) is 3.33.